The lowest BCUT2D eigenvalue weighted by atomic mass is 10.0. The first-order valence-electron chi connectivity index (χ1n) is 11.2. The zero-order chi connectivity index (χ0) is 26.4. The Kier molecular flexibility index (Phi) is 7.53. The largest absolute Gasteiger partial charge is 0.504 e. The Morgan fingerprint density at radius 1 is 1.00 bits per heavy atom. The molecule has 0 aliphatic carbocycles. The van der Waals surface area contributed by atoms with Gasteiger partial charge in [-0.3, -0.25) is 4.79 Å². The second kappa shape index (κ2) is 11.1. The van der Waals surface area contributed by atoms with E-state index in [1.165, 1.54) is 37.5 Å². The van der Waals surface area contributed by atoms with Crippen molar-refractivity contribution in [2.45, 2.75) is 12.6 Å². The average molecular weight is 501 g/mol. The van der Waals surface area contributed by atoms with Gasteiger partial charge in [0.2, 0.25) is 6.10 Å². The zero-order valence-corrected chi connectivity index (χ0v) is 19.7. The predicted molar refractivity (Wildman–Crippen MR) is 135 cm³/mol. The monoisotopic (exact) mass is 501 g/mol. The fraction of sp³-hybridized carbons (Fsp3) is 0.107. The Hall–Kier alpha value is -5.05. The molecule has 0 bridgehead atoms. The first-order chi connectivity index (χ1) is 17.8. The Bertz CT molecular complexity index is 1520. The minimum absolute atomic E-state index is 0.142. The summed E-state index contributed by atoms with van der Waals surface area (Å²) in [4.78, 5) is 38.3. The van der Waals surface area contributed by atoms with E-state index in [-0.39, 0.29) is 29.2 Å². The number of carbonyl (C=O) groups excluding carboxylic acids is 2. The first kappa shape index (κ1) is 25.1. The third-order valence-electron chi connectivity index (χ3n) is 5.46. The van der Waals surface area contributed by atoms with Crippen molar-refractivity contribution in [1.82, 2.24) is 5.32 Å². The normalized spacial score (nSPS) is 11.8. The number of hydrogen-bond acceptors (Lipinski definition) is 8. The van der Waals surface area contributed by atoms with E-state index in [0.717, 1.165) is 17.7 Å². The summed E-state index contributed by atoms with van der Waals surface area (Å²) in [6.45, 7) is 0.170. The van der Waals surface area contributed by atoms with Crippen molar-refractivity contribution in [3.63, 3.8) is 0 Å². The highest BCUT2D eigenvalue weighted by molar-refractivity contribution is 5.94. The minimum atomic E-state index is -1.48. The maximum atomic E-state index is 13.3. The van der Waals surface area contributed by atoms with Crippen LogP contribution in [0.3, 0.4) is 0 Å². The number of fused-ring (bicyclic) bond motifs is 1. The Morgan fingerprint density at radius 2 is 1.78 bits per heavy atom. The Morgan fingerprint density at radius 3 is 2.51 bits per heavy atom. The molecule has 4 rings (SSSR count). The number of ether oxygens (including phenoxy) is 2. The van der Waals surface area contributed by atoms with E-state index in [0.29, 0.717) is 16.7 Å². The van der Waals surface area contributed by atoms with Gasteiger partial charge in [0.25, 0.3) is 5.91 Å². The van der Waals surface area contributed by atoms with Crippen molar-refractivity contribution < 1.29 is 33.7 Å². The van der Waals surface area contributed by atoms with E-state index in [9.17, 15) is 24.6 Å². The van der Waals surface area contributed by atoms with Gasteiger partial charge in [-0.25, -0.2) is 9.59 Å². The number of aromatic hydroxyl groups is 2. The minimum Gasteiger partial charge on any atom is -0.504 e. The molecule has 3 aromatic carbocycles. The van der Waals surface area contributed by atoms with Crippen LogP contribution in [0.1, 0.15) is 22.8 Å². The van der Waals surface area contributed by atoms with Crippen LogP contribution in [0.4, 0.5) is 0 Å². The van der Waals surface area contributed by atoms with Crippen molar-refractivity contribution in [3.8, 4) is 17.2 Å². The predicted octanol–water partition coefficient (Wildman–Crippen LogP) is 3.83. The van der Waals surface area contributed by atoms with Crippen LogP contribution < -0.4 is 15.7 Å². The first-order valence-corrected chi connectivity index (χ1v) is 11.2. The number of benzene rings is 3. The molecule has 0 fully saturated rings. The van der Waals surface area contributed by atoms with Gasteiger partial charge in [0, 0.05) is 35.7 Å². The summed E-state index contributed by atoms with van der Waals surface area (Å²) in [7, 11) is 1.46. The smallest absolute Gasteiger partial charge is 0.336 e. The third kappa shape index (κ3) is 6.15. The molecule has 1 amide bonds. The van der Waals surface area contributed by atoms with Crippen molar-refractivity contribution in [2.75, 3.05) is 7.11 Å². The molecule has 188 valence electrons. The number of nitrogens with one attached hydrogen (secondary N) is 1. The summed E-state index contributed by atoms with van der Waals surface area (Å²) >= 11 is 0. The van der Waals surface area contributed by atoms with E-state index < -0.39 is 23.6 Å². The average Bonchev–Trinajstić information content (AvgIpc) is 2.90. The molecule has 0 saturated heterocycles. The number of phenolic OH excluding ortho intramolecular Hbond substituents is 2. The third-order valence-corrected chi connectivity index (χ3v) is 5.46. The second-order valence-electron chi connectivity index (χ2n) is 7.98. The van der Waals surface area contributed by atoms with Crippen LogP contribution in [0.2, 0.25) is 0 Å². The topological polar surface area (TPSA) is 135 Å². The summed E-state index contributed by atoms with van der Waals surface area (Å²) in [5.74, 6) is -1.74. The molecule has 1 aromatic heterocycles. The SMILES string of the molecule is COc1ccc2c(C(OC(=O)/C=C\c3ccc(O)c(O)c3)C(=O)NCc3ccccc3)cc(=O)oc2c1. The highest BCUT2D eigenvalue weighted by atomic mass is 16.5. The Balaban J connectivity index is 1.66. The summed E-state index contributed by atoms with van der Waals surface area (Å²) in [5, 5.41) is 22.2. The molecular formula is C28H23NO8. The van der Waals surface area contributed by atoms with Gasteiger partial charge in [-0.15, -0.1) is 0 Å². The fourth-order valence-corrected chi connectivity index (χ4v) is 3.61. The molecule has 0 saturated carbocycles. The van der Waals surface area contributed by atoms with Crippen LogP contribution in [-0.2, 0) is 20.9 Å². The number of amides is 1. The number of rotatable bonds is 8. The molecule has 0 aliphatic rings. The highest BCUT2D eigenvalue weighted by Gasteiger charge is 2.27. The number of carbonyl (C=O) groups is 2. The van der Waals surface area contributed by atoms with E-state index in [2.05, 4.69) is 5.32 Å². The summed E-state index contributed by atoms with van der Waals surface area (Å²) in [6, 6.07) is 19.0. The van der Waals surface area contributed by atoms with Crippen molar-refractivity contribution in [2.24, 2.45) is 0 Å². The van der Waals surface area contributed by atoms with Crippen molar-refractivity contribution >= 4 is 28.9 Å². The van der Waals surface area contributed by atoms with Gasteiger partial charge >= 0.3 is 11.6 Å². The van der Waals surface area contributed by atoms with Crippen LogP contribution in [0, 0.1) is 0 Å². The van der Waals surface area contributed by atoms with Crippen LogP contribution in [0.15, 0.2) is 88.1 Å². The molecule has 3 N–H and O–H groups in total. The van der Waals surface area contributed by atoms with E-state index in [4.69, 9.17) is 13.9 Å². The van der Waals surface area contributed by atoms with Gasteiger partial charge < -0.3 is 29.4 Å². The standard InChI is InChI=1S/C28H23NO8/c1-35-19-9-10-20-21(15-26(33)36-24(20)14-19)27(28(34)29-16-18-5-3-2-4-6-18)37-25(32)12-8-17-7-11-22(30)23(31)13-17/h2-15,27,30-31H,16H2,1H3,(H,29,34)/b12-8-. The zero-order valence-electron chi connectivity index (χ0n) is 19.7. The van der Waals surface area contributed by atoms with Crippen LogP contribution in [0.5, 0.6) is 17.2 Å². The molecule has 1 unspecified atom stereocenters. The summed E-state index contributed by atoms with van der Waals surface area (Å²) < 4.78 is 16.0. The van der Waals surface area contributed by atoms with Gasteiger partial charge in [0.1, 0.15) is 11.3 Å². The van der Waals surface area contributed by atoms with Crippen LogP contribution in [-0.4, -0.2) is 29.2 Å². The number of hydrogen-bond donors (Lipinski definition) is 3. The van der Waals surface area contributed by atoms with Gasteiger partial charge in [0.05, 0.1) is 7.11 Å². The lowest BCUT2D eigenvalue weighted by Gasteiger charge is -2.18. The quantitative estimate of drug-likeness (QED) is 0.144. The molecule has 1 heterocycles. The van der Waals surface area contributed by atoms with Crippen LogP contribution in [0.25, 0.3) is 17.0 Å². The number of esters is 1. The molecule has 4 aromatic rings. The molecule has 0 spiro atoms. The Labute approximate surface area is 211 Å². The lowest BCUT2D eigenvalue weighted by Crippen LogP contribution is -2.32. The van der Waals surface area contributed by atoms with E-state index >= 15 is 0 Å². The summed E-state index contributed by atoms with van der Waals surface area (Å²) in [5.41, 5.74) is 0.811. The van der Waals surface area contributed by atoms with Crippen molar-refractivity contribution in [3.05, 3.63) is 106 Å². The number of phenols is 2. The van der Waals surface area contributed by atoms with Gasteiger partial charge in [-0.05, 0) is 41.5 Å². The lowest BCUT2D eigenvalue weighted by molar-refractivity contribution is -0.151. The molecule has 9 heteroatoms. The summed E-state index contributed by atoms with van der Waals surface area (Å²) in [6.07, 6.45) is 0.942. The van der Waals surface area contributed by atoms with Gasteiger partial charge in [-0.1, -0.05) is 36.4 Å². The maximum Gasteiger partial charge on any atom is 0.336 e. The van der Waals surface area contributed by atoms with Crippen LogP contribution >= 0.6 is 0 Å². The number of methoxy groups -OCH3 is 1. The van der Waals surface area contributed by atoms with E-state index in [1.54, 1.807) is 12.1 Å². The van der Waals surface area contributed by atoms with Crippen molar-refractivity contribution in [1.29, 1.82) is 0 Å². The molecule has 0 radical (unpaired) electrons. The maximum absolute atomic E-state index is 13.3. The molecule has 0 aliphatic heterocycles. The van der Waals surface area contributed by atoms with Gasteiger partial charge in [0.15, 0.2) is 11.5 Å². The highest BCUT2D eigenvalue weighted by Crippen LogP contribution is 2.29. The van der Waals surface area contributed by atoms with E-state index in [1.807, 2.05) is 30.3 Å². The molecule has 37 heavy (non-hydrogen) atoms. The van der Waals surface area contributed by atoms with Gasteiger partial charge in [-0.2, -0.15) is 0 Å². The fourth-order valence-electron chi connectivity index (χ4n) is 3.61. The molecular weight excluding hydrogens is 478 g/mol. The second-order valence-corrected chi connectivity index (χ2v) is 7.98. The molecule has 9 nitrogen and oxygen atoms in total. The molecule has 1 atom stereocenters.